The van der Waals surface area contributed by atoms with Gasteiger partial charge in [-0.15, -0.1) is 0 Å². The number of methoxy groups -OCH3 is 1. The molecule has 3 heteroatoms. The van der Waals surface area contributed by atoms with Gasteiger partial charge in [0.15, 0.2) is 8.32 Å². The van der Waals surface area contributed by atoms with Gasteiger partial charge in [0.25, 0.3) is 0 Å². The van der Waals surface area contributed by atoms with E-state index in [2.05, 4.69) is 19.6 Å². The van der Waals surface area contributed by atoms with Gasteiger partial charge in [-0.2, -0.15) is 0 Å². The van der Waals surface area contributed by atoms with Crippen LogP contribution in [0.15, 0.2) is 0 Å². The molecule has 0 aromatic heterocycles. The maximum Gasteiger partial charge on any atom is 0.183 e. The fourth-order valence-corrected chi connectivity index (χ4v) is 1.34. The number of rotatable bonds is 5. The van der Waals surface area contributed by atoms with E-state index in [9.17, 15) is 0 Å². The van der Waals surface area contributed by atoms with Crippen LogP contribution in [0.1, 0.15) is 6.42 Å². The largest absolute Gasteiger partial charge is 0.418 e. The van der Waals surface area contributed by atoms with Gasteiger partial charge in [-0.05, 0) is 26.1 Å². The molecular weight excluding hydrogens is 144 g/mol. The van der Waals surface area contributed by atoms with E-state index >= 15 is 0 Å². The Morgan fingerprint density at radius 1 is 1.10 bits per heavy atom. The summed E-state index contributed by atoms with van der Waals surface area (Å²) in [5.74, 6) is 0. The van der Waals surface area contributed by atoms with Gasteiger partial charge in [-0.1, -0.05) is 0 Å². The second kappa shape index (κ2) is 4.88. The second-order valence-corrected chi connectivity index (χ2v) is 7.82. The molecule has 62 valence electrons. The van der Waals surface area contributed by atoms with Crippen LogP contribution in [0.3, 0.4) is 0 Å². The SMILES string of the molecule is COCCCO[Si](C)(C)C. The van der Waals surface area contributed by atoms with E-state index in [0.29, 0.717) is 0 Å². The normalized spacial score (nSPS) is 12.0. The topological polar surface area (TPSA) is 18.5 Å². The monoisotopic (exact) mass is 162 g/mol. The van der Waals surface area contributed by atoms with Crippen molar-refractivity contribution in [3.05, 3.63) is 0 Å². The van der Waals surface area contributed by atoms with Gasteiger partial charge in [0.2, 0.25) is 0 Å². The zero-order valence-corrected chi connectivity index (χ0v) is 8.44. The summed E-state index contributed by atoms with van der Waals surface area (Å²) in [5, 5.41) is 0. The van der Waals surface area contributed by atoms with Crippen molar-refractivity contribution < 1.29 is 9.16 Å². The third-order valence-corrected chi connectivity index (χ3v) is 2.10. The highest BCUT2D eigenvalue weighted by Gasteiger charge is 2.12. The summed E-state index contributed by atoms with van der Waals surface area (Å²) in [5.41, 5.74) is 0. The fraction of sp³-hybridized carbons (Fsp3) is 1.00. The van der Waals surface area contributed by atoms with Crippen LogP contribution in [0.25, 0.3) is 0 Å². The Kier molecular flexibility index (Phi) is 4.94. The minimum absolute atomic E-state index is 0.810. The molecule has 0 spiro atoms. The average molecular weight is 162 g/mol. The van der Waals surface area contributed by atoms with Crippen LogP contribution < -0.4 is 0 Å². The molecule has 0 rings (SSSR count). The maximum atomic E-state index is 5.59. The van der Waals surface area contributed by atoms with Crippen molar-refractivity contribution in [3.8, 4) is 0 Å². The summed E-state index contributed by atoms with van der Waals surface area (Å²) < 4.78 is 10.5. The van der Waals surface area contributed by atoms with Gasteiger partial charge in [0.1, 0.15) is 0 Å². The molecule has 0 N–H and O–H groups in total. The summed E-state index contributed by atoms with van der Waals surface area (Å²) in [4.78, 5) is 0. The molecule has 0 aromatic carbocycles. The van der Waals surface area contributed by atoms with E-state index in [0.717, 1.165) is 19.6 Å². The van der Waals surface area contributed by atoms with Crippen LogP contribution in [-0.2, 0) is 9.16 Å². The van der Waals surface area contributed by atoms with E-state index in [4.69, 9.17) is 9.16 Å². The Labute approximate surface area is 64.7 Å². The van der Waals surface area contributed by atoms with Crippen LogP contribution in [0.4, 0.5) is 0 Å². The molecule has 0 fully saturated rings. The zero-order chi connectivity index (χ0) is 8.04. The van der Waals surface area contributed by atoms with Crippen LogP contribution >= 0.6 is 0 Å². The molecule has 10 heavy (non-hydrogen) atoms. The lowest BCUT2D eigenvalue weighted by atomic mass is 10.5. The van der Waals surface area contributed by atoms with Crippen LogP contribution in [-0.4, -0.2) is 28.6 Å². The predicted molar refractivity (Wildman–Crippen MR) is 45.8 cm³/mol. The number of hydrogen-bond acceptors (Lipinski definition) is 2. The van der Waals surface area contributed by atoms with Crippen molar-refractivity contribution in [3.63, 3.8) is 0 Å². The highest BCUT2D eigenvalue weighted by atomic mass is 28.4. The van der Waals surface area contributed by atoms with Gasteiger partial charge in [0.05, 0.1) is 0 Å². The summed E-state index contributed by atoms with van der Waals surface area (Å²) in [6.45, 7) is 8.24. The zero-order valence-electron chi connectivity index (χ0n) is 7.44. The third kappa shape index (κ3) is 8.14. The molecule has 0 radical (unpaired) electrons. The molecule has 0 atom stereocenters. The Morgan fingerprint density at radius 3 is 2.10 bits per heavy atom. The van der Waals surface area contributed by atoms with E-state index in [1.54, 1.807) is 7.11 Å². The van der Waals surface area contributed by atoms with Gasteiger partial charge >= 0.3 is 0 Å². The first kappa shape index (κ1) is 10.1. The molecule has 0 saturated carbocycles. The smallest absolute Gasteiger partial charge is 0.183 e. The molecule has 0 aliphatic heterocycles. The first-order valence-electron chi connectivity index (χ1n) is 3.69. The lowest BCUT2D eigenvalue weighted by Gasteiger charge is -2.16. The van der Waals surface area contributed by atoms with Gasteiger partial charge in [-0.25, -0.2) is 0 Å². The predicted octanol–water partition coefficient (Wildman–Crippen LogP) is 1.87. The molecule has 0 aliphatic rings. The van der Waals surface area contributed by atoms with Crippen molar-refractivity contribution in [2.75, 3.05) is 20.3 Å². The Bertz CT molecular complexity index is 78.2. The average Bonchev–Trinajstić information content (AvgIpc) is 1.78. The highest BCUT2D eigenvalue weighted by molar-refractivity contribution is 6.69. The molecular formula is C7H18O2Si. The van der Waals surface area contributed by atoms with Gasteiger partial charge < -0.3 is 9.16 Å². The van der Waals surface area contributed by atoms with Crippen LogP contribution in [0.5, 0.6) is 0 Å². The minimum atomic E-state index is -1.26. The van der Waals surface area contributed by atoms with Crippen LogP contribution in [0.2, 0.25) is 19.6 Å². The molecule has 0 heterocycles. The molecule has 0 unspecified atom stereocenters. The number of hydrogen-bond donors (Lipinski definition) is 0. The molecule has 0 bridgehead atoms. The maximum absolute atomic E-state index is 5.59. The summed E-state index contributed by atoms with van der Waals surface area (Å²) >= 11 is 0. The van der Waals surface area contributed by atoms with E-state index in [-0.39, 0.29) is 0 Å². The summed E-state index contributed by atoms with van der Waals surface area (Å²) in [6.07, 6.45) is 1.01. The lowest BCUT2D eigenvalue weighted by molar-refractivity contribution is 0.170. The van der Waals surface area contributed by atoms with E-state index in [1.165, 1.54) is 0 Å². The lowest BCUT2D eigenvalue weighted by Crippen LogP contribution is -2.26. The third-order valence-electron chi connectivity index (χ3n) is 1.03. The van der Waals surface area contributed by atoms with Crippen molar-refractivity contribution in [2.24, 2.45) is 0 Å². The van der Waals surface area contributed by atoms with Gasteiger partial charge in [-0.3, -0.25) is 0 Å². The van der Waals surface area contributed by atoms with Gasteiger partial charge in [0, 0.05) is 20.3 Å². The molecule has 0 aliphatic carbocycles. The van der Waals surface area contributed by atoms with Crippen molar-refractivity contribution in [2.45, 2.75) is 26.1 Å². The van der Waals surface area contributed by atoms with E-state index < -0.39 is 8.32 Å². The van der Waals surface area contributed by atoms with Crippen molar-refractivity contribution in [1.29, 1.82) is 0 Å². The standard InChI is InChI=1S/C7H18O2Si/c1-8-6-5-7-9-10(2,3)4/h5-7H2,1-4H3. The van der Waals surface area contributed by atoms with Crippen LogP contribution in [0, 0.1) is 0 Å². The summed E-state index contributed by atoms with van der Waals surface area (Å²) in [6, 6.07) is 0. The van der Waals surface area contributed by atoms with Crippen molar-refractivity contribution >= 4 is 8.32 Å². The first-order valence-corrected chi connectivity index (χ1v) is 7.10. The minimum Gasteiger partial charge on any atom is -0.418 e. The fourth-order valence-electron chi connectivity index (χ4n) is 0.582. The van der Waals surface area contributed by atoms with E-state index in [1.807, 2.05) is 0 Å². The Balaban J connectivity index is 3.04. The quantitative estimate of drug-likeness (QED) is 0.454. The summed E-state index contributed by atoms with van der Waals surface area (Å²) in [7, 11) is 0.454. The molecule has 0 saturated heterocycles. The Hall–Kier alpha value is 0.137. The Morgan fingerprint density at radius 2 is 1.70 bits per heavy atom. The second-order valence-electron chi connectivity index (χ2n) is 3.31. The first-order chi connectivity index (χ1) is 4.56. The highest BCUT2D eigenvalue weighted by Crippen LogP contribution is 2.02. The molecule has 2 nitrogen and oxygen atoms in total. The number of ether oxygens (including phenoxy) is 1. The molecule has 0 amide bonds. The van der Waals surface area contributed by atoms with Crippen molar-refractivity contribution in [1.82, 2.24) is 0 Å². The molecule has 0 aromatic rings.